The molecule has 0 aromatic heterocycles. The second-order valence-electron chi connectivity index (χ2n) is 3.59. The minimum absolute atomic E-state index is 0.633. The molecule has 0 spiro atoms. The molecule has 0 fully saturated rings. The third-order valence-electron chi connectivity index (χ3n) is 2.41. The zero-order valence-corrected chi connectivity index (χ0v) is 8.87. The Kier molecular flexibility index (Phi) is 5.02. The third-order valence-corrected chi connectivity index (χ3v) is 2.41. The number of benzene rings is 1. The first kappa shape index (κ1) is 11.0. The molecule has 1 atom stereocenters. The molecule has 0 heterocycles. The van der Waals surface area contributed by atoms with Gasteiger partial charge in [-0.2, -0.15) is 0 Å². The minimum atomic E-state index is 0.633. The maximum atomic E-state index is 3.67. The maximum Gasteiger partial charge on any atom is 0.0132 e. The van der Waals surface area contributed by atoms with Crippen molar-refractivity contribution < 1.29 is 0 Å². The summed E-state index contributed by atoms with van der Waals surface area (Å²) in [5.74, 6) is 0.633. The first-order chi connectivity index (χ1) is 6.84. The summed E-state index contributed by atoms with van der Waals surface area (Å²) in [6.45, 7) is 7.90. The Bertz CT molecular complexity index is 253. The highest BCUT2D eigenvalue weighted by molar-refractivity contribution is 5.18. The lowest BCUT2D eigenvalue weighted by Gasteiger charge is -2.11. The zero-order chi connectivity index (χ0) is 10.2. The number of nitrogens with one attached hydrogen (secondary N) is 1. The molecular formula is C13H19N. The Morgan fingerprint density at radius 2 is 2.07 bits per heavy atom. The summed E-state index contributed by atoms with van der Waals surface area (Å²) in [4.78, 5) is 0. The summed E-state index contributed by atoms with van der Waals surface area (Å²) in [6, 6.07) is 10.6. The molecule has 0 saturated carbocycles. The van der Waals surface area contributed by atoms with Crippen LogP contribution in [0.1, 0.15) is 24.8 Å². The Morgan fingerprint density at radius 1 is 1.36 bits per heavy atom. The summed E-state index contributed by atoms with van der Waals surface area (Å²) in [7, 11) is 0. The summed E-state index contributed by atoms with van der Waals surface area (Å²) in [5.41, 5.74) is 1.42. The van der Waals surface area contributed by atoms with Gasteiger partial charge in [-0.05, 0) is 24.4 Å². The molecule has 0 aliphatic carbocycles. The molecule has 1 nitrogen and oxygen atoms in total. The minimum Gasteiger partial charge on any atom is -0.313 e. The topological polar surface area (TPSA) is 12.0 Å². The van der Waals surface area contributed by atoms with Crippen LogP contribution in [0.2, 0.25) is 0 Å². The monoisotopic (exact) mass is 189 g/mol. The fourth-order valence-electron chi connectivity index (χ4n) is 1.47. The molecular weight excluding hydrogens is 170 g/mol. The van der Waals surface area contributed by atoms with Crippen molar-refractivity contribution in [2.75, 3.05) is 13.1 Å². The van der Waals surface area contributed by atoms with Gasteiger partial charge in [-0.15, -0.1) is 6.58 Å². The van der Waals surface area contributed by atoms with Crippen molar-refractivity contribution >= 4 is 0 Å². The van der Waals surface area contributed by atoms with E-state index in [1.54, 1.807) is 0 Å². The van der Waals surface area contributed by atoms with E-state index in [0.29, 0.717) is 5.92 Å². The van der Waals surface area contributed by atoms with E-state index in [4.69, 9.17) is 0 Å². The smallest absolute Gasteiger partial charge is 0.0132 e. The van der Waals surface area contributed by atoms with Crippen molar-refractivity contribution in [3.63, 3.8) is 0 Å². The van der Waals surface area contributed by atoms with Gasteiger partial charge in [0, 0.05) is 6.54 Å². The van der Waals surface area contributed by atoms with Crippen LogP contribution in [0, 0.1) is 0 Å². The standard InChI is InChI=1S/C13H19N/c1-3-10-14-11-9-12(2)13-7-5-4-6-8-13/h3-8,12,14H,1,9-11H2,2H3/t12-/m1/s1. The lowest BCUT2D eigenvalue weighted by atomic mass is 9.98. The molecule has 0 aliphatic heterocycles. The SMILES string of the molecule is C=CCNCC[C@@H](C)c1ccccc1. The first-order valence-corrected chi connectivity index (χ1v) is 5.21. The molecule has 1 aromatic carbocycles. The van der Waals surface area contributed by atoms with Crippen molar-refractivity contribution in [1.29, 1.82) is 0 Å². The van der Waals surface area contributed by atoms with Gasteiger partial charge in [0.2, 0.25) is 0 Å². The Morgan fingerprint density at radius 3 is 2.71 bits per heavy atom. The highest BCUT2D eigenvalue weighted by Gasteiger charge is 2.02. The van der Waals surface area contributed by atoms with Crippen molar-refractivity contribution in [3.8, 4) is 0 Å². The van der Waals surface area contributed by atoms with Crippen LogP contribution in [0.25, 0.3) is 0 Å². The average Bonchev–Trinajstić information content (AvgIpc) is 2.25. The fourth-order valence-corrected chi connectivity index (χ4v) is 1.47. The second kappa shape index (κ2) is 6.39. The van der Waals surface area contributed by atoms with Gasteiger partial charge in [-0.3, -0.25) is 0 Å². The van der Waals surface area contributed by atoms with E-state index in [1.807, 2.05) is 6.08 Å². The van der Waals surface area contributed by atoms with E-state index in [2.05, 4.69) is 49.2 Å². The molecule has 0 amide bonds. The van der Waals surface area contributed by atoms with Crippen LogP contribution in [0.4, 0.5) is 0 Å². The molecule has 0 radical (unpaired) electrons. The third kappa shape index (κ3) is 3.75. The van der Waals surface area contributed by atoms with Crippen LogP contribution < -0.4 is 5.32 Å². The lowest BCUT2D eigenvalue weighted by molar-refractivity contribution is 0.620. The zero-order valence-electron chi connectivity index (χ0n) is 8.87. The summed E-state index contributed by atoms with van der Waals surface area (Å²) < 4.78 is 0. The molecule has 1 rings (SSSR count). The highest BCUT2D eigenvalue weighted by atomic mass is 14.8. The van der Waals surface area contributed by atoms with Crippen LogP contribution in [0.15, 0.2) is 43.0 Å². The lowest BCUT2D eigenvalue weighted by Crippen LogP contribution is -2.16. The normalized spacial score (nSPS) is 12.4. The Balaban J connectivity index is 2.28. The van der Waals surface area contributed by atoms with E-state index in [0.717, 1.165) is 13.1 Å². The molecule has 76 valence electrons. The molecule has 1 heteroatoms. The van der Waals surface area contributed by atoms with Gasteiger partial charge >= 0.3 is 0 Å². The number of rotatable bonds is 6. The van der Waals surface area contributed by atoms with Gasteiger partial charge in [-0.25, -0.2) is 0 Å². The molecule has 14 heavy (non-hydrogen) atoms. The van der Waals surface area contributed by atoms with Gasteiger partial charge in [0.05, 0.1) is 0 Å². The molecule has 1 N–H and O–H groups in total. The van der Waals surface area contributed by atoms with Crippen molar-refractivity contribution in [1.82, 2.24) is 5.32 Å². The van der Waals surface area contributed by atoms with E-state index < -0.39 is 0 Å². The predicted octanol–water partition coefficient (Wildman–Crippen LogP) is 2.96. The van der Waals surface area contributed by atoms with Crippen molar-refractivity contribution in [2.24, 2.45) is 0 Å². The molecule has 0 bridgehead atoms. The predicted molar refractivity (Wildman–Crippen MR) is 62.5 cm³/mol. The van der Waals surface area contributed by atoms with Crippen LogP contribution in [-0.2, 0) is 0 Å². The molecule has 0 unspecified atom stereocenters. The Labute approximate surface area is 86.8 Å². The van der Waals surface area contributed by atoms with E-state index in [1.165, 1.54) is 12.0 Å². The Hall–Kier alpha value is -1.08. The largest absolute Gasteiger partial charge is 0.313 e. The van der Waals surface area contributed by atoms with Gasteiger partial charge in [0.1, 0.15) is 0 Å². The second-order valence-corrected chi connectivity index (χ2v) is 3.59. The van der Waals surface area contributed by atoms with Crippen LogP contribution in [0.3, 0.4) is 0 Å². The van der Waals surface area contributed by atoms with Crippen LogP contribution in [0.5, 0.6) is 0 Å². The van der Waals surface area contributed by atoms with Gasteiger partial charge in [-0.1, -0.05) is 43.3 Å². The fraction of sp³-hybridized carbons (Fsp3) is 0.385. The summed E-state index contributed by atoms with van der Waals surface area (Å²) >= 11 is 0. The summed E-state index contributed by atoms with van der Waals surface area (Å²) in [6.07, 6.45) is 3.07. The van der Waals surface area contributed by atoms with Crippen molar-refractivity contribution in [2.45, 2.75) is 19.3 Å². The van der Waals surface area contributed by atoms with E-state index in [9.17, 15) is 0 Å². The summed E-state index contributed by atoms with van der Waals surface area (Å²) in [5, 5.41) is 3.32. The average molecular weight is 189 g/mol. The van der Waals surface area contributed by atoms with Gasteiger partial charge in [0.25, 0.3) is 0 Å². The maximum absolute atomic E-state index is 3.67. The van der Waals surface area contributed by atoms with Crippen LogP contribution >= 0.6 is 0 Å². The molecule has 0 aliphatic rings. The van der Waals surface area contributed by atoms with Gasteiger partial charge in [0.15, 0.2) is 0 Å². The molecule has 0 saturated heterocycles. The van der Waals surface area contributed by atoms with Gasteiger partial charge < -0.3 is 5.32 Å². The van der Waals surface area contributed by atoms with Crippen LogP contribution in [-0.4, -0.2) is 13.1 Å². The highest BCUT2D eigenvalue weighted by Crippen LogP contribution is 2.17. The number of hydrogen-bond donors (Lipinski definition) is 1. The van der Waals surface area contributed by atoms with E-state index in [-0.39, 0.29) is 0 Å². The van der Waals surface area contributed by atoms with Crippen molar-refractivity contribution in [3.05, 3.63) is 48.6 Å². The number of hydrogen-bond acceptors (Lipinski definition) is 1. The quantitative estimate of drug-likeness (QED) is 0.536. The first-order valence-electron chi connectivity index (χ1n) is 5.21. The molecule has 1 aromatic rings. The van der Waals surface area contributed by atoms with E-state index >= 15 is 0 Å².